The molecule has 1 aromatic heterocycles. The van der Waals surface area contributed by atoms with Gasteiger partial charge in [0.15, 0.2) is 0 Å². The van der Waals surface area contributed by atoms with E-state index in [-0.39, 0.29) is 17.5 Å². The first-order valence-corrected chi connectivity index (χ1v) is 7.40. The number of nitrogens with one attached hydrogen (secondary N) is 1. The lowest BCUT2D eigenvalue weighted by atomic mass is 9.83. The minimum Gasteiger partial charge on any atom is -0.402 e. The molecule has 118 valence electrons. The monoisotopic (exact) mass is 307 g/mol. The lowest BCUT2D eigenvalue weighted by Gasteiger charge is -2.27. The second-order valence-electron chi connectivity index (χ2n) is 6.51. The number of halogens is 2. The summed E-state index contributed by atoms with van der Waals surface area (Å²) in [6, 6.07) is 8.22. The zero-order valence-corrected chi connectivity index (χ0v) is 12.6. The summed E-state index contributed by atoms with van der Waals surface area (Å²) in [5, 5.41) is 10.2. The van der Waals surface area contributed by atoms with Gasteiger partial charge in [0.25, 0.3) is 5.89 Å². The molecule has 3 rings (SSSR count). The van der Waals surface area contributed by atoms with Gasteiger partial charge in [-0.25, -0.2) is 0 Å². The SMILES string of the molecule is CC1(C)CCc2ccccc2[C@@H](Nc2nnc(C(F)F)o2)C1. The summed E-state index contributed by atoms with van der Waals surface area (Å²) in [5.41, 5.74) is 2.59. The lowest BCUT2D eigenvalue weighted by molar-refractivity contribution is 0.116. The normalized spacial score (nSPS) is 20.5. The van der Waals surface area contributed by atoms with Gasteiger partial charge in [0.2, 0.25) is 0 Å². The maximum absolute atomic E-state index is 12.6. The van der Waals surface area contributed by atoms with Crippen LogP contribution in [0.1, 0.15) is 56.2 Å². The number of nitrogens with zero attached hydrogens (tertiary/aromatic N) is 2. The summed E-state index contributed by atoms with van der Waals surface area (Å²) in [7, 11) is 0. The van der Waals surface area contributed by atoms with Crippen molar-refractivity contribution in [3.05, 3.63) is 41.3 Å². The second-order valence-corrected chi connectivity index (χ2v) is 6.51. The quantitative estimate of drug-likeness (QED) is 0.847. The molecule has 1 aliphatic carbocycles. The Labute approximate surface area is 127 Å². The second kappa shape index (κ2) is 5.66. The van der Waals surface area contributed by atoms with Gasteiger partial charge < -0.3 is 9.73 Å². The highest BCUT2D eigenvalue weighted by atomic mass is 19.3. The molecule has 1 aromatic carbocycles. The molecule has 0 saturated heterocycles. The van der Waals surface area contributed by atoms with Crippen LogP contribution in [-0.4, -0.2) is 10.2 Å². The number of alkyl halides is 2. The molecule has 0 saturated carbocycles. The van der Waals surface area contributed by atoms with E-state index in [0.717, 1.165) is 19.3 Å². The molecule has 0 spiro atoms. The number of aromatic nitrogens is 2. The molecule has 0 amide bonds. The van der Waals surface area contributed by atoms with Gasteiger partial charge in [0, 0.05) is 0 Å². The molecule has 22 heavy (non-hydrogen) atoms. The lowest BCUT2D eigenvalue weighted by Crippen LogP contribution is -2.19. The first-order valence-electron chi connectivity index (χ1n) is 7.40. The van der Waals surface area contributed by atoms with Gasteiger partial charge in [0.05, 0.1) is 6.04 Å². The molecule has 1 heterocycles. The number of hydrogen-bond donors (Lipinski definition) is 1. The summed E-state index contributed by atoms with van der Waals surface area (Å²) in [6.07, 6.45) is 0.207. The minimum atomic E-state index is -2.75. The fraction of sp³-hybridized carbons (Fsp3) is 0.500. The number of aryl methyl sites for hydroxylation is 1. The number of hydrogen-bond acceptors (Lipinski definition) is 4. The smallest absolute Gasteiger partial charge is 0.316 e. The molecule has 1 atom stereocenters. The fourth-order valence-corrected chi connectivity index (χ4v) is 3.00. The molecule has 6 heteroatoms. The Morgan fingerprint density at radius 2 is 2.05 bits per heavy atom. The number of rotatable bonds is 3. The van der Waals surface area contributed by atoms with Gasteiger partial charge in [-0.2, -0.15) is 8.78 Å². The first kappa shape index (κ1) is 14.9. The molecular weight excluding hydrogens is 288 g/mol. The Bertz CT molecular complexity index is 654. The van der Waals surface area contributed by atoms with Gasteiger partial charge in [-0.1, -0.05) is 43.2 Å². The van der Waals surface area contributed by atoms with E-state index in [1.807, 2.05) is 12.1 Å². The average molecular weight is 307 g/mol. The molecule has 4 nitrogen and oxygen atoms in total. The van der Waals surface area contributed by atoms with Crippen LogP contribution in [0.15, 0.2) is 28.7 Å². The van der Waals surface area contributed by atoms with Gasteiger partial charge in [0.1, 0.15) is 0 Å². The molecule has 0 fully saturated rings. The van der Waals surface area contributed by atoms with Gasteiger partial charge in [-0.3, -0.25) is 0 Å². The van der Waals surface area contributed by atoms with Crippen LogP contribution in [0, 0.1) is 5.41 Å². The molecule has 1 N–H and O–H groups in total. The van der Waals surface area contributed by atoms with Crippen LogP contribution < -0.4 is 5.32 Å². The third-order valence-electron chi connectivity index (χ3n) is 4.18. The molecule has 0 radical (unpaired) electrons. The van der Waals surface area contributed by atoms with Crippen LogP contribution in [0.2, 0.25) is 0 Å². The summed E-state index contributed by atoms with van der Waals surface area (Å²) in [4.78, 5) is 0. The van der Waals surface area contributed by atoms with Crippen molar-refractivity contribution in [3.8, 4) is 0 Å². The van der Waals surface area contributed by atoms with Crippen molar-refractivity contribution < 1.29 is 13.2 Å². The molecule has 0 aliphatic heterocycles. The van der Waals surface area contributed by atoms with Crippen LogP contribution in [0.5, 0.6) is 0 Å². The Hall–Kier alpha value is -1.98. The Morgan fingerprint density at radius 1 is 1.27 bits per heavy atom. The van der Waals surface area contributed by atoms with Crippen LogP contribution in [0.25, 0.3) is 0 Å². The standard InChI is InChI=1S/C16H19F2N3O/c1-16(2)8-7-10-5-3-4-6-11(10)12(9-16)19-15-21-20-14(22-15)13(17)18/h3-6,12-13H,7-9H2,1-2H3,(H,19,21)/t12-/m0/s1. The van der Waals surface area contributed by atoms with E-state index in [1.165, 1.54) is 11.1 Å². The van der Waals surface area contributed by atoms with Crippen LogP contribution >= 0.6 is 0 Å². The van der Waals surface area contributed by atoms with Crippen molar-refractivity contribution in [1.82, 2.24) is 10.2 Å². The third-order valence-corrected chi connectivity index (χ3v) is 4.18. The van der Waals surface area contributed by atoms with Crippen molar-refractivity contribution in [1.29, 1.82) is 0 Å². The van der Waals surface area contributed by atoms with Crippen molar-refractivity contribution in [2.24, 2.45) is 5.41 Å². The van der Waals surface area contributed by atoms with Crippen LogP contribution in [0.4, 0.5) is 14.8 Å². The van der Waals surface area contributed by atoms with Crippen LogP contribution in [-0.2, 0) is 6.42 Å². The van der Waals surface area contributed by atoms with E-state index in [9.17, 15) is 8.78 Å². The molecule has 2 aromatic rings. The predicted molar refractivity (Wildman–Crippen MR) is 78.8 cm³/mol. The highest BCUT2D eigenvalue weighted by Gasteiger charge is 2.30. The molecule has 0 unspecified atom stereocenters. The summed E-state index contributed by atoms with van der Waals surface area (Å²) in [5.74, 6) is -0.649. The summed E-state index contributed by atoms with van der Waals surface area (Å²) in [6.45, 7) is 4.43. The topological polar surface area (TPSA) is 51.0 Å². The van der Waals surface area contributed by atoms with Crippen molar-refractivity contribution in [3.63, 3.8) is 0 Å². The van der Waals surface area contributed by atoms with E-state index in [0.29, 0.717) is 0 Å². The number of anilines is 1. The van der Waals surface area contributed by atoms with Crippen molar-refractivity contribution >= 4 is 6.01 Å². The van der Waals surface area contributed by atoms with Crippen molar-refractivity contribution in [2.75, 3.05) is 5.32 Å². The van der Waals surface area contributed by atoms with Gasteiger partial charge >= 0.3 is 12.4 Å². The van der Waals surface area contributed by atoms with E-state index in [1.54, 1.807) is 0 Å². The number of fused-ring (bicyclic) bond motifs is 1. The largest absolute Gasteiger partial charge is 0.402 e. The third kappa shape index (κ3) is 3.10. The summed E-state index contributed by atoms with van der Waals surface area (Å²) >= 11 is 0. The summed E-state index contributed by atoms with van der Waals surface area (Å²) < 4.78 is 30.1. The predicted octanol–water partition coefficient (Wildman–Crippen LogP) is 4.52. The van der Waals surface area contributed by atoms with Gasteiger partial charge in [-0.15, -0.1) is 5.10 Å². The molecule has 1 aliphatic rings. The van der Waals surface area contributed by atoms with Crippen molar-refractivity contribution in [2.45, 2.75) is 45.6 Å². The minimum absolute atomic E-state index is 0.0281. The van der Waals surface area contributed by atoms with Crippen LogP contribution in [0.3, 0.4) is 0 Å². The molecule has 0 bridgehead atoms. The van der Waals surface area contributed by atoms with E-state index in [4.69, 9.17) is 4.42 Å². The highest BCUT2D eigenvalue weighted by Crippen LogP contribution is 2.40. The fourth-order valence-electron chi connectivity index (χ4n) is 3.00. The maximum Gasteiger partial charge on any atom is 0.316 e. The Morgan fingerprint density at radius 3 is 2.77 bits per heavy atom. The van der Waals surface area contributed by atoms with E-state index < -0.39 is 12.3 Å². The molecular formula is C16H19F2N3O. The maximum atomic E-state index is 12.6. The average Bonchev–Trinajstić information content (AvgIpc) is 2.88. The van der Waals surface area contributed by atoms with E-state index in [2.05, 4.69) is 41.5 Å². The first-order chi connectivity index (χ1) is 10.4. The Kier molecular flexibility index (Phi) is 3.85. The number of benzene rings is 1. The van der Waals surface area contributed by atoms with E-state index >= 15 is 0 Å². The zero-order chi connectivity index (χ0) is 15.7. The van der Waals surface area contributed by atoms with Gasteiger partial charge in [-0.05, 0) is 35.8 Å². The zero-order valence-electron chi connectivity index (χ0n) is 12.6. The highest BCUT2D eigenvalue weighted by molar-refractivity contribution is 5.37. The Balaban J connectivity index is 1.89.